The number of nitrogens with zero attached hydrogens (tertiary/aromatic N) is 2. The van der Waals surface area contributed by atoms with Gasteiger partial charge in [-0.3, -0.25) is 10.1 Å². The van der Waals surface area contributed by atoms with E-state index in [-0.39, 0.29) is 22.7 Å². The number of esters is 1. The molecule has 0 aliphatic heterocycles. The normalized spacial score (nSPS) is 10.7. The number of hydrogen-bond acceptors (Lipinski definition) is 7. The van der Waals surface area contributed by atoms with Crippen molar-refractivity contribution in [2.45, 2.75) is 6.92 Å². The Kier molecular flexibility index (Phi) is 6.80. The Morgan fingerprint density at radius 2 is 1.79 bits per heavy atom. The van der Waals surface area contributed by atoms with Crippen LogP contribution in [-0.2, 0) is 4.74 Å². The van der Waals surface area contributed by atoms with Crippen molar-refractivity contribution in [1.29, 1.82) is 0 Å². The van der Waals surface area contributed by atoms with Crippen molar-refractivity contribution in [3.8, 4) is 11.4 Å². The zero-order chi connectivity index (χ0) is 24.2. The number of thiophene rings is 1. The van der Waals surface area contributed by atoms with Crippen LogP contribution in [0.3, 0.4) is 0 Å². The lowest BCUT2D eigenvalue weighted by molar-refractivity contribution is 0.0520. The topological polar surface area (TPSA) is 112 Å². The number of fused-ring (bicyclic) bond motifs is 1. The van der Waals surface area contributed by atoms with E-state index in [0.29, 0.717) is 27.5 Å². The van der Waals surface area contributed by atoms with Crippen LogP contribution in [-0.4, -0.2) is 35.5 Å². The average Bonchev–Trinajstić information content (AvgIpc) is 3.25. The van der Waals surface area contributed by atoms with Gasteiger partial charge in [-0.15, -0.1) is 11.3 Å². The number of anilines is 2. The van der Waals surface area contributed by atoms with Gasteiger partial charge < -0.3 is 14.8 Å². The third-order valence-electron chi connectivity index (χ3n) is 4.77. The molecule has 4 aromatic rings. The van der Waals surface area contributed by atoms with Gasteiger partial charge in [-0.2, -0.15) is 9.78 Å². The van der Waals surface area contributed by atoms with E-state index in [4.69, 9.17) is 21.1 Å². The maximum Gasteiger partial charge on any atom is 0.359 e. The summed E-state index contributed by atoms with van der Waals surface area (Å²) in [4.78, 5) is 38.6. The van der Waals surface area contributed by atoms with E-state index in [1.54, 1.807) is 60.8 Å². The van der Waals surface area contributed by atoms with E-state index in [1.807, 2.05) is 0 Å². The maximum atomic E-state index is 13.4. The van der Waals surface area contributed by atoms with Crippen molar-refractivity contribution in [1.82, 2.24) is 9.78 Å². The highest BCUT2D eigenvalue weighted by Crippen LogP contribution is 2.31. The summed E-state index contributed by atoms with van der Waals surface area (Å²) in [6, 6.07) is 12.6. The highest BCUT2D eigenvalue weighted by molar-refractivity contribution is 7.16. The number of amides is 2. The first-order valence-corrected chi connectivity index (χ1v) is 11.4. The highest BCUT2D eigenvalue weighted by atomic mass is 35.5. The largest absolute Gasteiger partial charge is 0.497 e. The number of aromatic nitrogens is 2. The zero-order valence-electron chi connectivity index (χ0n) is 18.1. The summed E-state index contributed by atoms with van der Waals surface area (Å²) in [6.07, 6.45) is 0. The number of carbonyl (C=O) groups excluding carboxylic acids is 2. The second-order valence-corrected chi connectivity index (χ2v) is 8.24. The Bertz CT molecular complexity index is 1410. The van der Waals surface area contributed by atoms with Gasteiger partial charge in [0.25, 0.3) is 5.56 Å². The van der Waals surface area contributed by atoms with Crippen LogP contribution in [0.2, 0.25) is 5.02 Å². The van der Waals surface area contributed by atoms with Crippen LogP contribution in [0.5, 0.6) is 5.75 Å². The Hall–Kier alpha value is -3.89. The molecule has 2 N–H and O–H groups in total. The monoisotopic (exact) mass is 498 g/mol. The molecule has 2 aromatic heterocycles. The number of carbonyl (C=O) groups is 2. The fourth-order valence-electron chi connectivity index (χ4n) is 3.19. The van der Waals surface area contributed by atoms with Crippen LogP contribution in [0.1, 0.15) is 17.4 Å². The molecular formula is C23H19ClN4O5S. The number of urea groups is 1. The molecule has 0 aliphatic rings. The molecule has 0 fully saturated rings. The average molecular weight is 499 g/mol. The van der Waals surface area contributed by atoms with Gasteiger partial charge in [0.2, 0.25) is 0 Å². The van der Waals surface area contributed by atoms with Gasteiger partial charge in [-0.05, 0) is 55.5 Å². The number of hydrogen-bond donors (Lipinski definition) is 2. The minimum atomic E-state index is -0.676. The van der Waals surface area contributed by atoms with Gasteiger partial charge in [0.05, 0.1) is 24.8 Å². The summed E-state index contributed by atoms with van der Waals surface area (Å²) in [6.45, 7) is 1.82. The highest BCUT2D eigenvalue weighted by Gasteiger charge is 2.23. The molecule has 34 heavy (non-hydrogen) atoms. The number of halogens is 1. The molecule has 9 nitrogen and oxygen atoms in total. The zero-order valence-corrected chi connectivity index (χ0v) is 19.7. The molecule has 0 bridgehead atoms. The molecule has 0 radical (unpaired) electrons. The Balaban J connectivity index is 1.78. The molecule has 0 atom stereocenters. The quantitative estimate of drug-likeness (QED) is 0.364. The summed E-state index contributed by atoms with van der Waals surface area (Å²) in [5.74, 6) is -0.0787. The minimum absolute atomic E-state index is 0.0327. The fraction of sp³-hybridized carbons (Fsp3) is 0.130. The summed E-state index contributed by atoms with van der Waals surface area (Å²) in [7, 11) is 1.53. The summed E-state index contributed by atoms with van der Waals surface area (Å²) in [5, 5.41) is 12.5. The van der Waals surface area contributed by atoms with E-state index >= 15 is 0 Å². The first-order valence-electron chi connectivity index (χ1n) is 10.1. The third kappa shape index (κ3) is 4.73. The molecular weight excluding hydrogens is 480 g/mol. The second kappa shape index (κ2) is 9.94. The van der Waals surface area contributed by atoms with Gasteiger partial charge in [-0.25, -0.2) is 9.59 Å². The number of ether oxygens (including phenoxy) is 2. The van der Waals surface area contributed by atoms with E-state index in [0.717, 1.165) is 16.0 Å². The van der Waals surface area contributed by atoms with Crippen LogP contribution in [0.15, 0.2) is 58.7 Å². The Labute approximate surface area is 202 Å². The first kappa shape index (κ1) is 23.3. The lowest BCUT2D eigenvalue weighted by Gasteiger charge is -2.11. The van der Waals surface area contributed by atoms with Crippen LogP contribution in [0.25, 0.3) is 16.5 Å². The van der Waals surface area contributed by atoms with Crippen molar-refractivity contribution >= 4 is 56.4 Å². The van der Waals surface area contributed by atoms with Crippen LogP contribution in [0, 0.1) is 0 Å². The van der Waals surface area contributed by atoms with Gasteiger partial charge in [-0.1, -0.05) is 11.6 Å². The number of rotatable bonds is 6. The van der Waals surface area contributed by atoms with Crippen molar-refractivity contribution in [3.63, 3.8) is 0 Å². The van der Waals surface area contributed by atoms with Gasteiger partial charge in [0.15, 0.2) is 5.69 Å². The lowest BCUT2D eigenvalue weighted by atomic mass is 10.2. The first-order chi connectivity index (χ1) is 16.4. The van der Waals surface area contributed by atoms with Gasteiger partial charge >= 0.3 is 12.0 Å². The van der Waals surface area contributed by atoms with Crippen molar-refractivity contribution in [2.24, 2.45) is 0 Å². The molecule has 0 spiro atoms. The molecule has 174 valence electrons. The molecule has 4 rings (SSSR count). The predicted molar refractivity (Wildman–Crippen MR) is 132 cm³/mol. The smallest absolute Gasteiger partial charge is 0.359 e. The fourth-order valence-corrected chi connectivity index (χ4v) is 4.25. The summed E-state index contributed by atoms with van der Waals surface area (Å²) in [5.41, 5.74) is 0.402. The molecule has 0 saturated carbocycles. The van der Waals surface area contributed by atoms with Crippen LogP contribution < -0.4 is 20.9 Å². The Morgan fingerprint density at radius 1 is 1.09 bits per heavy atom. The number of benzene rings is 2. The van der Waals surface area contributed by atoms with E-state index in [1.165, 1.54) is 7.11 Å². The minimum Gasteiger partial charge on any atom is -0.497 e. The molecule has 0 unspecified atom stereocenters. The van der Waals surface area contributed by atoms with Gasteiger partial charge in [0.1, 0.15) is 10.8 Å². The predicted octanol–water partition coefficient (Wildman–Crippen LogP) is 4.93. The Morgan fingerprint density at radius 3 is 2.44 bits per heavy atom. The lowest BCUT2D eigenvalue weighted by Crippen LogP contribution is -2.26. The van der Waals surface area contributed by atoms with Crippen LogP contribution >= 0.6 is 22.9 Å². The maximum absolute atomic E-state index is 13.4. The summed E-state index contributed by atoms with van der Waals surface area (Å²) >= 11 is 6.98. The van der Waals surface area contributed by atoms with E-state index in [2.05, 4.69) is 15.7 Å². The SMILES string of the molecule is CCOC(=O)c1nn(-c2ccc(OC)cc2)c(=O)c2c(NC(=O)Nc3ccc(Cl)cc3)scc12. The number of nitrogens with one attached hydrogen (secondary N) is 2. The standard InChI is InChI=1S/C23H19ClN4O5S/c1-3-33-22(30)19-17-12-34-20(26-23(31)25-14-6-4-13(24)5-7-14)18(17)21(29)28(27-19)15-8-10-16(32-2)11-9-15/h4-12H,3H2,1-2H3,(H2,25,26,31). The third-order valence-corrected chi connectivity index (χ3v) is 5.91. The molecule has 0 aliphatic carbocycles. The molecule has 2 amide bonds. The van der Waals surface area contributed by atoms with E-state index < -0.39 is 17.6 Å². The van der Waals surface area contributed by atoms with Gasteiger partial charge in [0, 0.05) is 21.5 Å². The van der Waals surface area contributed by atoms with Crippen molar-refractivity contribution in [2.75, 3.05) is 24.4 Å². The van der Waals surface area contributed by atoms with Crippen LogP contribution in [0.4, 0.5) is 15.5 Å². The molecule has 2 heterocycles. The molecule has 0 saturated heterocycles. The summed E-state index contributed by atoms with van der Waals surface area (Å²) < 4.78 is 11.4. The van der Waals surface area contributed by atoms with E-state index in [9.17, 15) is 14.4 Å². The molecule has 11 heteroatoms. The van der Waals surface area contributed by atoms with Crippen molar-refractivity contribution < 1.29 is 19.1 Å². The second-order valence-electron chi connectivity index (χ2n) is 6.92. The van der Waals surface area contributed by atoms with Crippen molar-refractivity contribution in [3.05, 3.63) is 75.0 Å². The number of methoxy groups -OCH3 is 1. The molecule has 2 aromatic carbocycles.